The second kappa shape index (κ2) is 6.53. The van der Waals surface area contributed by atoms with E-state index in [2.05, 4.69) is 25.8 Å². The number of aromatic nitrogens is 2. The maximum atomic E-state index is 13.8. The van der Waals surface area contributed by atoms with Crippen LogP contribution in [-0.2, 0) is 7.05 Å². The van der Waals surface area contributed by atoms with Crippen LogP contribution in [0.1, 0.15) is 29.0 Å². The van der Waals surface area contributed by atoms with Crippen LogP contribution in [0.15, 0.2) is 60.9 Å². The van der Waals surface area contributed by atoms with Crippen molar-refractivity contribution in [2.45, 2.75) is 19.0 Å². The molecule has 2 unspecified atom stereocenters. The molecule has 132 valence electrons. The van der Waals surface area contributed by atoms with Gasteiger partial charge in [0.2, 0.25) is 0 Å². The summed E-state index contributed by atoms with van der Waals surface area (Å²) in [5.74, 6) is -0.219. The van der Waals surface area contributed by atoms with E-state index in [-0.39, 0.29) is 17.9 Å². The highest BCUT2D eigenvalue weighted by molar-refractivity contribution is 7.80. The van der Waals surface area contributed by atoms with Crippen LogP contribution in [-0.4, -0.2) is 14.7 Å². The topological polar surface area (TPSA) is 33.1 Å². The summed E-state index contributed by atoms with van der Waals surface area (Å²) in [5, 5.41) is 4.02. The van der Waals surface area contributed by atoms with Gasteiger partial charge in [0.25, 0.3) is 0 Å². The molecule has 4 nitrogen and oxygen atoms in total. The second-order valence-corrected chi connectivity index (χ2v) is 6.86. The van der Waals surface area contributed by atoms with Crippen LogP contribution in [0, 0.1) is 12.7 Å². The first-order valence-electron chi connectivity index (χ1n) is 8.44. The standard InChI is InChI=1S/C20H19FN4S/c1-13-12-14(8-9-15(13)21)25-19(17-7-5-11-24(17)2)18(23-20(25)26)16-6-3-4-10-22-16/h3-12,18-19H,1-2H3,(H,23,26). The lowest BCUT2D eigenvalue weighted by Gasteiger charge is -2.28. The maximum Gasteiger partial charge on any atom is 0.174 e. The normalized spacial score (nSPS) is 19.7. The van der Waals surface area contributed by atoms with Gasteiger partial charge in [-0.2, -0.15) is 0 Å². The maximum absolute atomic E-state index is 13.8. The number of benzene rings is 1. The molecule has 3 heterocycles. The summed E-state index contributed by atoms with van der Waals surface area (Å²) < 4.78 is 15.9. The molecule has 2 aromatic heterocycles. The molecule has 1 aromatic carbocycles. The predicted octanol–water partition coefficient (Wildman–Crippen LogP) is 4.04. The van der Waals surface area contributed by atoms with Crippen molar-refractivity contribution in [1.29, 1.82) is 0 Å². The average molecular weight is 366 g/mol. The van der Waals surface area contributed by atoms with E-state index in [9.17, 15) is 4.39 Å². The number of halogens is 1. The fourth-order valence-corrected chi connectivity index (χ4v) is 3.84. The molecule has 0 aliphatic carbocycles. The lowest BCUT2D eigenvalue weighted by Crippen LogP contribution is -2.30. The van der Waals surface area contributed by atoms with Gasteiger partial charge in [0.05, 0.1) is 11.7 Å². The Hall–Kier alpha value is -2.73. The van der Waals surface area contributed by atoms with E-state index in [0.29, 0.717) is 10.7 Å². The fourth-order valence-electron chi connectivity index (χ4n) is 3.49. The summed E-state index contributed by atoms with van der Waals surface area (Å²) in [6, 6.07) is 14.9. The van der Waals surface area contributed by atoms with Crippen molar-refractivity contribution < 1.29 is 4.39 Å². The molecule has 1 aliphatic heterocycles. The summed E-state index contributed by atoms with van der Waals surface area (Å²) in [4.78, 5) is 6.58. The second-order valence-electron chi connectivity index (χ2n) is 6.47. The highest BCUT2D eigenvalue weighted by Gasteiger charge is 2.41. The summed E-state index contributed by atoms with van der Waals surface area (Å²) in [7, 11) is 2.01. The smallest absolute Gasteiger partial charge is 0.174 e. The Kier molecular flexibility index (Phi) is 4.20. The number of nitrogens with zero attached hydrogens (tertiary/aromatic N) is 3. The van der Waals surface area contributed by atoms with Crippen LogP contribution in [0.2, 0.25) is 0 Å². The van der Waals surface area contributed by atoms with Crippen molar-refractivity contribution in [3.05, 3.63) is 83.7 Å². The van der Waals surface area contributed by atoms with Crippen LogP contribution in [0.25, 0.3) is 0 Å². The van der Waals surface area contributed by atoms with Gasteiger partial charge in [-0.3, -0.25) is 4.98 Å². The lowest BCUT2D eigenvalue weighted by atomic mass is 10.0. The molecule has 1 saturated heterocycles. The van der Waals surface area contributed by atoms with Gasteiger partial charge in [-0.05, 0) is 67.2 Å². The minimum Gasteiger partial charge on any atom is -0.353 e. The van der Waals surface area contributed by atoms with Gasteiger partial charge in [0.1, 0.15) is 11.9 Å². The molecule has 1 fully saturated rings. The molecule has 4 rings (SSSR count). The first-order valence-corrected chi connectivity index (χ1v) is 8.85. The third-order valence-electron chi connectivity index (χ3n) is 4.80. The van der Waals surface area contributed by atoms with Gasteiger partial charge in [-0.25, -0.2) is 4.39 Å². The van der Waals surface area contributed by atoms with E-state index < -0.39 is 0 Å². The van der Waals surface area contributed by atoms with Gasteiger partial charge in [0.15, 0.2) is 5.11 Å². The summed E-state index contributed by atoms with van der Waals surface area (Å²) in [6.07, 6.45) is 3.80. The Morgan fingerprint density at radius 3 is 2.65 bits per heavy atom. The van der Waals surface area contributed by atoms with Gasteiger partial charge < -0.3 is 14.8 Å². The molecule has 1 N–H and O–H groups in total. The quantitative estimate of drug-likeness (QED) is 0.709. The summed E-state index contributed by atoms with van der Waals surface area (Å²) in [6.45, 7) is 1.76. The number of nitrogens with one attached hydrogen (secondary N) is 1. The van der Waals surface area contributed by atoms with Crippen molar-refractivity contribution in [3.63, 3.8) is 0 Å². The molecule has 0 radical (unpaired) electrons. The Balaban J connectivity index is 1.85. The van der Waals surface area contributed by atoms with Crippen molar-refractivity contribution in [2.75, 3.05) is 4.90 Å². The minimum absolute atomic E-state index is 0.0812. The fraction of sp³-hybridized carbons (Fsp3) is 0.200. The predicted molar refractivity (Wildman–Crippen MR) is 104 cm³/mol. The zero-order valence-corrected chi connectivity index (χ0v) is 15.4. The summed E-state index contributed by atoms with van der Waals surface area (Å²) in [5.41, 5.74) is 3.49. The molecule has 3 aromatic rings. The highest BCUT2D eigenvalue weighted by Crippen LogP contribution is 2.41. The molecular weight excluding hydrogens is 347 g/mol. The monoisotopic (exact) mass is 366 g/mol. The van der Waals surface area contributed by atoms with Crippen LogP contribution in [0.4, 0.5) is 10.1 Å². The molecule has 6 heteroatoms. The third-order valence-corrected chi connectivity index (χ3v) is 5.12. The molecule has 0 saturated carbocycles. The van der Waals surface area contributed by atoms with E-state index in [1.807, 2.05) is 43.6 Å². The number of pyridine rings is 1. The number of thiocarbonyl (C=S) groups is 1. The van der Waals surface area contributed by atoms with Gasteiger partial charge in [0, 0.05) is 30.8 Å². The van der Waals surface area contributed by atoms with Crippen molar-refractivity contribution in [3.8, 4) is 0 Å². The van der Waals surface area contributed by atoms with Gasteiger partial charge in [-0.15, -0.1) is 0 Å². The number of aryl methyl sites for hydroxylation is 2. The molecule has 2 atom stereocenters. The first-order chi connectivity index (χ1) is 12.6. The van der Waals surface area contributed by atoms with Gasteiger partial charge in [-0.1, -0.05) is 6.07 Å². The van der Waals surface area contributed by atoms with E-state index in [1.165, 1.54) is 6.07 Å². The first kappa shape index (κ1) is 16.7. The molecule has 0 bridgehead atoms. The number of hydrogen-bond acceptors (Lipinski definition) is 2. The van der Waals surface area contributed by atoms with E-state index in [4.69, 9.17) is 12.2 Å². The van der Waals surface area contributed by atoms with Crippen molar-refractivity contribution in [2.24, 2.45) is 7.05 Å². The molecular formula is C20H19FN4S. The molecule has 1 aliphatic rings. The Bertz CT molecular complexity index is 953. The third kappa shape index (κ3) is 2.76. The minimum atomic E-state index is -0.219. The lowest BCUT2D eigenvalue weighted by molar-refractivity contribution is 0.540. The van der Waals surface area contributed by atoms with E-state index >= 15 is 0 Å². The molecule has 26 heavy (non-hydrogen) atoms. The number of hydrogen-bond donors (Lipinski definition) is 1. The van der Waals surface area contributed by atoms with Crippen LogP contribution < -0.4 is 10.2 Å². The molecule has 0 spiro atoms. The SMILES string of the molecule is Cc1cc(N2C(=S)NC(c3ccccn3)C2c2cccn2C)ccc1F. The van der Waals surface area contributed by atoms with E-state index in [1.54, 1.807) is 19.2 Å². The Morgan fingerprint density at radius 2 is 2.00 bits per heavy atom. The Labute approximate surface area is 157 Å². The van der Waals surface area contributed by atoms with E-state index in [0.717, 1.165) is 17.1 Å². The average Bonchev–Trinajstić information content (AvgIpc) is 3.21. The Morgan fingerprint density at radius 1 is 1.15 bits per heavy atom. The zero-order valence-electron chi connectivity index (χ0n) is 14.6. The largest absolute Gasteiger partial charge is 0.353 e. The van der Waals surface area contributed by atoms with Crippen LogP contribution in [0.5, 0.6) is 0 Å². The zero-order chi connectivity index (χ0) is 18.3. The van der Waals surface area contributed by atoms with Crippen molar-refractivity contribution >= 4 is 23.0 Å². The molecule has 0 amide bonds. The number of rotatable bonds is 3. The highest BCUT2D eigenvalue weighted by atomic mass is 32.1. The van der Waals surface area contributed by atoms with Crippen molar-refractivity contribution in [1.82, 2.24) is 14.9 Å². The number of anilines is 1. The van der Waals surface area contributed by atoms with Crippen LogP contribution in [0.3, 0.4) is 0 Å². The summed E-state index contributed by atoms with van der Waals surface area (Å²) >= 11 is 5.65. The van der Waals surface area contributed by atoms with Gasteiger partial charge >= 0.3 is 0 Å². The van der Waals surface area contributed by atoms with Crippen LogP contribution >= 0.6 is 12.2 Å².